The Labute approximate surface area is 138 Å². The van der Waals surface area contributed by atoms with Crippen LogP contribution in [0.3, 0.4) is 0 Å². The molecule has 0 bridgehead atoms. The molecule has 7 heteroatoms. The molecule has 1 aliphatic rings. The summed E-state index contributed by atoms with van der Waals surface area (Å²) in [5.41, 5.74) is 3.69. The molecule has 1 heterocycles. The zero-order valence-corrected chi connectivity index (χ0v) is 14.2. The Morgan fingerprint density at radius 1 is 1.38 bits per heavy atom. The van der Waals surface area contributed by atoms with Gasteiger partial charge in [-0.3, -0.25) is 5.43 Å². The highest BCUT2D eigenvalue weighted by Crippen LogP contribution is 2.36. The van der Waals surface area contributed by atoms with Crippen molar-refractivity contribution in [2.45, 2.75) is 26.2 Å². The van der Waals surface area contributed by atoms with E-state index in [0.717, 1.165) is 34.5 Å². The average Bonchev–Trinajstić information content (AvgIpc) is 2.91. The quantitative estimate of drug-likeness (QED) is 0.348. The first-order chi connectivity index (χ1) is 10.2. The standard InChI is InChI=1S/C14H18BrN3O2S/c1-2-3-4-5-16-14(21)18-17-8-10-6-12-13(7-11(10)15)20-9-19-12/h6-8H,2-5,9H2,1H3,(H2,16,18,21)/b17-8-. The van der Waals surface area contributed by atoms with Crippen molar-refractivity contribution in [1.82, 2.24) is 10.7 Å². The Hall–Kier alpha value is -1.34. The van der Waals surface area contributed by atoms with E-state index in [9.17, 15) is 0 Å². The molecule has 21 heavy (non-hydrogen) atoms. The van der Waals surface area contributed by atoms with Gasteiger partial charge in [0.1, 0.15) is 0 Å². The second-order valence-electron chi connectivity index (χ2n) is 4.56. The van der Waals surface area contributed by atoms with Crippen LogP contribution in [0.2, 0.25) is 0 Å². The molecule has 0 saturated carbocycles. The van der Waals surface area contributed by atoms with E-state index < -0.39 is 0 Å². The van der Waals surface area contributed by atoms with Crippen LogP contribution in [0.25, 0.3) is 0 Å². The summed E-state index contributed by atoms with van der Waals surface area (Å²) in [6, 6.07) is 3.74. The van der Waals surface area contributed by atoms with Crippen LogP contribution in [-0.4, -0.2) is 24.7 Å². The van der Waals surface area contributed by atoms with Crippen molar-refractivity contribution in [2.24, 2.45) is 5.10 Å². The van der Waals surface area contributed by atoms with E-state index in [1.165, 1.54) is 12.8 Å². The van der Waals surface area contributed by atoms with E-state index in [2.05, 4.69) is 38.7 Å². The van der Waals surface area contributed by atoms with Crippen LogP contribution in [0, 0.1) is 0 Å². The van der Waals surface area contributed by atoms with Crippen molar-refractivity contribution >= 4 is 39.5 Å². The molecule has 2 rings (SSSR count). The SMILES string of the molecule is CCCCCNC(=S)N/N=C\c1cc2c(cc1Br)OCO2. The molecule has 0 saturated heterocycles. The summed E-state index contributed by atoms with van der Waals surface area (Å²) in [6.07, 6.45) is 5.18. The molecule has 1 aromatic carbocycles. The Bertz CT molecular complexity index is 537. The number of hydrazone groups is 1. The molecule has 1 aromatic rings. The van der Waals surface area contributed by atoms with Crippen LogP contribution in [0.1, 0.15) is 31.7 Å². The molecule has 0 atom stereocenters. The lowest BCUT2D eigenvalue weighted by Crippen LogP contribution is -2.32. The second kappa shape index (κ2) is 8.19. The molecule has 0 amide bonds. The summed E-state index contributed by atoms with van der Waals surface area (Å²) in [4.78, 5) is 0. The van der Waals surface area contributed by atoms with E-state index in [4.69, 9.17) is 21.7 Å². The zero-order chi connectivity index (χ0) is 15.1. The molecule has 0 radical (unpaired) electrons. The summed E-state index contributed by atoms with van der Waals surface area (Å²) in [5.74, 6) is 1.46. The van der Waals surface area contributed by atoms with Crippen molar-refractivity contribution in [2.75, 3.05) is 13.3 Å². The monoisotopic (exact) mass is 371 g/mol. The smallest absolute Gasteiger partial charge is 0.231 e. The summed E-state index contributed by atoms with van der Waals surface area (Å²) in [7, 11) is 0. The van der Waals surface area contributed by atoms with E-state index >= 15 is 0 Å². The number of hydrogen-bond donors (Lipinski definition) is 2. The molecule has 1 aliphatic heterocycles. The predicted octanol–water partition coefficient (Wildman–Crippen LogP) is 3.17. The fourth-order valence-corrected chi connectivity index (χ4v) is 2.39. The number of benzene rings is 1. The largest absolute Gasteiger partial charge is 0.454 e. The molecule has 0 aromatic heterocycles. The van der Waals surface area contributed by atoms with Crippen molar-refractivity contribution in [3.63, 3.8) is 0 Å². The van der Waals surface area contributed by atoms with Crippen molar-refractivity contribution < 1.29 is 9.47 Å². The molecule has 0 aliphatic carbocycles. The van der Waals surface area contributed by atoms with Crippen molar-refractivity contribution in [3.8, 4) is 11.5 Å². The van der Waals surface area contributed by atoms with Gasteiger partial charge in [0.2, 0.25) is 6.79 Å². The predicted molar refractivity (Wildman–Crippen MR) is 91.1 cm³/mol. The number of nitrogens with one attached hydrogen (secondary N) is 2. The van der Waals surface area contributed by atoms with Crippen molar-refractivity contribution in [1.29, 1.82) is 0 Å². The highest BCUT2D eigenvalue weighted by atomic mass is 79.9. The van der Waals surface area contributed by atoms with Gasteiger partial charge in [0, 0.05) is 16.6 Å². The topological polar surface area (TPSA) is 54.9 Å². The molecule has 0 spiro atoms. The number of ether oxygens (including phenoxy) is 2. The minimum Gasteiger partial charge on any atom is -0.454 e. The lowest BCUT2D eigenvalue weighted by atomic mass is 10.2. The highest BCUT2D eigenvalue weighted by Gasteiger charge is 2.15. The maximum absolute atomic E-state index is 5.33. The molecule has 0 unspecified atom stereocenters. The lowest BCUT2D eigenvalue weighted by Gasteiger charge is -2.06. The second-order valence-corrected chi connectivity index (χ2v) is 5.82. The van der Waals surface area contributed by atoms with Gasteiger partial charge < -0.3 is 14.8 Å². The minimum atomic E-state index is 0.256. The first-order valence-electron chi connectivity index (χ1n) is 6.86. The Balaban J connectivity index is 1.83. The molecule has 0 fully saturated rings. The van der Waals surface area contributed by atoms with Crippen LogP contribution in [0.15, 0.2) is 21.7 Å². The number of unbranched alkanes of at least 4 members (excludes halogenated alkanes) is 2. The van der Waals surface area contributed by atoms with Gasteiger partial charge in [0.05, 0.1) is 6.21 Å². The van der Waals surface area contributed by atoms with Gasteiger partial charge in [0.15, 0.2) is 16.6 Å². The van der Waals surface area contributed by atoms with E-state index in [0.29, 0.717) is 5.11 Å². The van der Waals surface area contributed by atoms with Crippen LogP contribution in [-0.2, 0) is 0 Å². The lowest BCUT2D eigenvalue weighted by molar-refractivity contribution is 0.174. The number of rotatable bonds is 6. The first kappa shape index (κ1) is 16.0. The Morgan fingerprint density at radius 3 is 2.90 bits per heavy atom. The normalized spacial score (nSPS) is 12.7. The average molecular weight is 372 g/mol. The van der Waals surface area contributed by atoms with E-state index in [-0.39, 0.29) is 6.79 Å². The minimum absolute atomic E-state index is 0.256. The van der Waals surface area contributed by atoms with Crippen LogP contribution in [0.5, 0.6) is 11.5 Å². The maximum atomic E-state index is 5.33. The van der Waals surface area contributed by atoms with Gasteiger partial charge in [-0.2, -0.15) is 5.10 Å². The molecule has 5 nitrogen and oxygen atoms in total. The fourth-order valence-electron chi connectivity index (χ4n) is 1.81. The maximum Gasteiger partial charge on any atom is 0.231 e. The number of thiocarbonyl (C=S) groups is 1. The van der Waals surface area contributed by atoms with Gasteiger partial charge in [-0.15, -0.1) is 0 Å². The van der Waals surface area contributed by atoms with Gasteiger partial charge in [-0.25, -0.2) is 0 Å². The number of halogens is 1. The molecular weight excluding hydrogens is 354 g/mol. The van der Waals surface area contributed by atoms with Gasteiger partial charge in [-0.05, 0) is 46.7 Å². The van der Waals surface area contributed by atoms with Gasteiger partial charge in [0.25, 0.3) is 0 Å². The van der Waals surface area contributed by atoms with Crippen molar-refractivity contribution in [3.05, 3.63) is 22.2 Å². The summed E-state index contributed by atoms with van der Waals surface area (Å²) in [5, 5.41) is 7.76. The van der Waals surface area contributed by atoms with Crippen LogP contribution >= 0.6 is 28.1 Å². The molecular formula is C14H18BrN3O2S. The third kappa shape index (κ3) is 4.86. The third-order valence-electron chi connectivity index (χ3n) is 2.93. The van der Waals surface area contributed by atoms with Gasteiger partial charge in [-0.1, -0.05) is 19.8 Å². The Kier molecular flexibility index (Phi) is 6.25. The highest BCUT2D eigenvalue weighted by molar-refractivity contribution is 9.10. The molecule has 2 N–H and O–H groups in total. The summed E-state index contributed by atoms with van der Waals surface area (Å²) in [6.45, 7) is 3.29. The van der Waals surface area contributed by atoms with Crippen LogP contribution in [0.4, 0.5) is 0 Å². The Morgan fingerprint density at radius 2 is 2.14 bits per heavy atom. The summed E-state index contributed by atoms with van der Waals surface area (Å²) >= 11 is 8.61. The third-order valence-corrected chi connectivity index (χ3v) is 3.85. The van der Waals surface area contributed by atoms with E-state index in [1.807, 2.05) is 12.1 Å². The summed E-state index contributed by atoms with van der Waals surface area (Å²) < 4.78 is 11.5. The van der Waals surface area contributed by atoms with Crippen LogP contribution < -0.4 is 20.2 Å². The zero-order valence-electron chi connectivity index (χ0n) is 11.8. The molecule has 114 valence electrons. The van der Waals surface area contributed by atoms with Gasteiger partial charge >= 0.3 is 0 Å². The number of hydrogen-bond acceptors (Lipinski definition) is 4. The number of fused-ring (bicyclic) bond motifs is 1. The number of nitrogens with zero attached hydrogens (tertiary/aromatic N) is 1. The fraction of sp³-hybridized carbons (Fsp3) is 0.429. The van der Waals surface area contributed by atoms with E-state index in [1.54, 1.807) is 6.21 Å². The first-order valence-corrected chi connectivity index (χ1v) is 8.07.